The quantitative estimate of drug-likeness (QED) is 0.653. The standard InChI is InChI=1S/C15H16FN3O4/c1-3-6-18-13(21)14(22)19(15(18)23)8-12(20)17-10-5-4-9(2)11(16)7-10/h4-5,7H,3,6,8H2,1-2H3,(H,17,20). The summed E-state index contributed by atoms with van der Waals surface area (Å²) >= 11 is 0. The molecular formula is C15H16FN3O4. The highest BCUT2D eigenvalue weighted by Gasteiger charge is 2.44. The van der Waals surface area contributed by atoms with Gasteiger partial charge in [0, 0.05) is 12.2 Å². The van der Waals surface area contributed by atoms with Crippen LogP contribution in [0.2, 0.25) is 0 Å². The van der Waals surface area contributed by atoms with E-state index in [0.717, 1.165) is 11.0 Å². The summed E-state index contributed by atoms with van der Waals surface area (Å²) in [7, 11) is 0. The Morgan fingerprint density at radius 2 is 1.83 bits per heavy atom. The number of amides is 5. The van der Waals surface area contributed by atoms with E-state index in [2.05, 4.69) is 5.32 Å². The number of benzene rings is 1. The van der Waals surface area contributed by atoms with E-state index < -0.39 is 36.1 Å². The van der Waals surface area contributed by atoms with Crippen molar-refractivity contribution in [1.29, 1.82) is 0 Å². The molecule has 1 aliphatic rings. The largest absolute Gasteiger partial charge is 0.334 e. The molecule has 5 amide bonds. The van der Waals surface area contributed by atoms with Gasteiger partial charge in [0.25, 0.3) is 0 Å². The van der Waals surface area contributed by atoms with Crippen LogP contribution >= 0.6 is 0 Å². The number of rotatable bonds is 5. The summed E-state index contributed by atoms with van der Waals surface area (Å²) in [6.07, 6.45) is 0.507. The van der Waals surface area contributed by atoms with Gasteiger partial charge in [0.1, 0.15) is 12.4 Å². The van der Waals surface area contributed by atoms with Crippen LogP contribution in [0.3, 0.4) is 0 Å². The number of anilines is 1. The van der Waals surface area contributed by atoms with Crippen molar-refractivity contribution in [3.05, 3.63) is 29.6 Å². The number of imide groups is 2. The first-order valence-electron chi connectivity index (χ1n) is 7.08. The molecule has 0 radical (unpaired) electrons. The van der Waals surface area contributed by atoms with Gasteiger partial charge >= 0.3 is 17.8 Å². The second-order valence-electron chi connectivity index (χ2n) is 5.14. The Bertz CT molecular complexity index is 689. The normalized spacial score (nSPS) is 14.7. The Morgan fingerprint density at radius 1 is 1.17 bits per heavy atom. The van der Waals surface area contributed by atoms with E-state index in [4.69, 9.17) is 0 Å². The van der Waals surface area contributed by atoms with Gasteiger partial charge in [0.05, 0.1) is 0 Å². The molecule has 122 valence electrons. The predicted octanol–water partition coefficient (Wildman–Crippen LogP) is 1.27. The molecule has 1 saturated heterocycles. The average molecular weight is 321 g/mol. The van der Waals surface area contributed by atoms with Crippen molar-refractivity contribution in [3.63, 3.8) is 0 Å². The third-order valence-electron chi connectivity index (χ3n) is 3.34. The van der Waals surface area contributed by atoms with Gasteiger partial charge in [-0.25, -0.2) is 14.1 Å². The van der Waals surface area contributed by atoms with Crippen LogP contribution in [-0.2, 0) is 14.4 Å². The summed E-state index contributed by atoms with van der Waals surface area (Å²) in [6, 6.07) is 3.31. The SMILES string of the molecule is CCCN1C(=O)C(=O)N(CC(=O)Nc2ccc(C)c(F)c2)C1=O. The van der Waals surface area contributed by atoms with E-state index in [-0.39, 0.29) is 12.2 Å². The molecule has 0 spiro atoms. The molecule has 0 atom stereocenters. The van der Waals surface area contributed by atoms with E-state index in [1.54, 1.807) is 13.8 Å². The van der Waals surface area contributed by atoms with Crippen molar-refractivity contribution >= 4 is 29.4 Å². The first-order chi connectivity index (χ1) is 10.8. The lowest BCUT2D eigenvalue weighted by atomic mass is 10.2. The van der Waals surface area contributed by atoms with E-state index >= 15 is 0 Å². The molecule has 7 nitrogen and oxygen atoms in total. The first-order valence-corrected chi connectivity index (χ1v) is 7.08. The van der Waals surface area contributed by atoms with Gasteiger partial charge in [-0.1, -0.05) is 13.0 Å². The van der Waals surface area contributed by atoms with Crippen LogP contribution < -0.4 is 5.32 Å². The maximum atomic E-state index is 13.4. The van der Waals surface area contributed by atoms with Crippen molar-refractivity contribution in [1.82, 2.24) is 9.80 Å². The summed E-state index contributed by atoms with van der Waals surface area (Å²) < 4.78 is 13.4. The van der Waals surface area contributed by atoms with Gasteiger partial charge < -0.3 is 5.32 Å². The summed E-state index contributed by atoms with van der Waals surface area (Å²) in [5.41, 5.74) is 0.627. The maximum absolute atomic E-state index is 13.4. The number of urea groups is 1. The van der Waals surface area contributed by atoms with Crippen LogP contribution in [0.5, 0.6) is 0 Å². The van der Waals surface area contributed by atoms with Crippen molar-refractivity contribution in [2.24, 2.45) is 0 Å². The molecule has 0 aromatic heterocycles. The van der Waals surface area contributed by atoms with Gasteiger partial charge in [-0.2, -0.15) is 0 Å². The highest BCUT2D eigenvalue weighted by Crippen LogP contribution is 2.15. The zero-order valence-electron chi connectivity index (χ0n) is 12.8. The number of aryl methyl sites for hydroxylation is 1. The molecule has 1 aromatic carbocycles. The lowest BCUT2D eigenvalue weighted by molar-refractivity contribution is -0.143. The van der Waals surface area contributed by atoms with Gasteiger partial charge in [-0.05, 0) is 31.0 Å². The third-order valence-corrected chi connectivity index (χ3v) is 3.34. The van der Waals surface area contributed by atoms with Crippen molar-refractivity contribution in [2.45, 2.75) is 20.3 Å². The monoisotopic (exact) mass is 321 g/mol. The molecule has 0 bridgehead atoms. The van der Waals surface area contributed by atoms with Crippen LogP contribution in [-0.4, -0.2) is 46.6 Å². The van der Waals surface area contributed by atoms with Gasteiger partial charge in [0.15, 0.2) is 0 Å². The zero-order chi connectivity index (χ0) is 17.1. The molecule has 1 N–H and O–H groups in total. The molecule has 1 fully saturated rings. The molecule has 1 aromatic rings. The number of hydrogen-bond donors (Lipinski definition) is 1. The number of nitrogens with zero attached hydrogens (tertiary/aromatic N) is 2. The lowest BCUT2D eigenvalue weighted by Gasteiger charge is -2.14. The minimum atomic E-state index is -1.03. The molecule has 0 aliphatic carbocycles. The number of carbonyl (C=O) groups excluding carboxylic acids is 4. The van der Waals surface area contributed by atoms with Crippen LogP contribution in [0.4, 0.5) is 14.9 Å². The Morgan fingerprint density at radius 3 is 2.43 bits per heavy atom. The molecule has 0 saturated carbocycles. The fourth-order valence-corrected chi connectivity index (χ4v) is 2.13. The van der Waals surface area contributed by atoms with Crippen LogP contribution in [0.15, 0.2) is 18.2 Å². The Labute approximate surface area is 132 Å². The van der Waals surface area contributed by atoms with Crippen LogP contribution in [0.25, 0.3) is 0 Å². The fourth-order valence-electron chi connectivity index (χ4n) is 2.13. The molecule has 1 heterocycles. The van der Waals surface area contributed by atoms with Crippen molar-refractivity contribution in [3.8, 4) is 0 Å². The molecule has 8 heteroatoms. The fraction of sp³-hybridized carbons (Fsp3) is 0.333. The third kappa shape index (κ3) is 3.36. The van der Waals surface area contributed by atoms with Gasteiger partial charge in [-0.15, -0.1) is 0 Å². The predicted molar refractivity (Wildman–Crippen MR) is 78.9 cm³/mol. The summed E-state index contributed by atoms with van der Waals surface area (Å²) in [6.45, 7) is 2.85. The Balaban J connectivity index is 2.05. The minimum Gasteiger partial charge on any atom is -0.324 e. The second-order valence-corrected chi connectivity index (χ2v) is 5.14. The summed E-state index contributed by atoms with van der Waals surface area (Å²) in [5, 5.41) is 2.38. The molecule has 1 aliphatic heterocycles. The van der Waals surface area contributed by atoms with E-state index in [9.17, 15) is 23.6 Å². The molecule has 0 unspecified atom stereocenters. The van der Waals surface area contributed by atoms with Gasteiger partial charge in [-0.3, -0.25) is 19.3 Å². The highest BCUT2D eigenvalue weighted by atomic mass is 19.1. The number of hydrogen-bond acceptors (Lipinski definition) is 4. The Kier molecular flexibility index (Phi) is 4.73. The van der Waals surface area contributed by atoms with E-state index in [1.165, 1.54) is 12.1 Å². The average Bonchev–Trinajstić information content (AvgIpc) is 2.69. The van der Waals surface area contributed by atoms with Crippen LogP contribution in [0, 0.1) is 12.7 Å². The van der Waals surface area contributed by atoms with E-state index in [1.807, 2.05) is 0 Å². The van der Waals surface area contributed by atoms with Gasteiger partial charge in [0.2, 0.25) is 5.91 Å². The molecule has 23 heavy (non-hydrogen) atoms. The molecular weight excluding hydrogens is 305 g/mol. The highest BCUT2D eigenvalue weighted by molar-refractivity contribution is 6.45. The van der Waals surface area contributed by atoms with Crippen molar-refractivity contribution < 1.29 is 23.6 Å². The molecule has 2 rings (SSSR count). The summed E-state index contributed by atoms with van der Waals surface area (Å²) in [5.74, 6) is -3.15. The number of halogens is 1. The minimum absolute atomic E-state index is 0.116. The number of carbonyl (C=O) groups is 4. The lowest BCUT2D eigenvalue weighted by Crippen LogP contribution is -2.39. The summed E-state index contributed by atoms with van der Waals surface area (Å²) in [4.78, 5) is 48.7. The Hall–Kier alpha value is -2.77. The van der Waals surface area contributed by atoms with E-state index in [0.29, 0.717) is 16.9 Å². The topological polar surface area (TPSA) is 86.8 Å². The zero-order valence-corrected chi connectivity index (χ0v) is 12.8. The smallest absolute Gasteiger partial charge is 0.324 e. The van der Waals surface area contributed by atoms with Crippen molar-refractivity contribution in [2.75, 3.05) is 18.4 Å². The van der Waals surface area contributed by atoms with Crippen LogP contribution in [0.1, 0.15) is 18.9 Å². The maximum Gasteiger partial charge on any atom is 0.334 e. The second kappa shape index (κ2) is 6.55. The number of nitrogens with one attached hydrogen (secondary N) is 1. The first kappa shape index (κ1) is 16.6.